The number of aromatic nitrogens is 1. The standard InChI is InChI=1S/C18H10Br2N2O2S/c19-10-8-11(18-21-13-4-1-2-6-15(13)25-18)16(12(20)9-10)22-17(23)14-5-3-7-24-14/h1-9H,(H,22,23). The van der Waals surface area contributed by atoms with E-state index in [1.807, 2.05) is 36.4 Å². The van der Waals surface area contributed by atoms with E-state index in [1.54, 1.807) is 23.5 Å². The fraction of sp³-hybridized carbons (Fsp3) is 0. The van der Waals surface area contributed by atoms with Crippen LogP contribution in [-0.2, 0) is 0 Å². The van der Waals surface area contributed by atoms with Crippen molar-refractivity contribution in [3.8, 4) is 10.6 Å². The van der Waals surface area contributed by atoms with Crippen LogP contribution < -0.4 is 5.32 Å². The minimum atomic E-state index is -0.310. The average Bonchev–Trinajstić information content (AvgIpc) is 3.25. The Kier molecular flexibility index (Phi) is 4.45. The van der Waals surface area contributed by atoms with Crippen molar-refractivity contribution in [1.29, 1.82) is 0 Å². The van der Waals surface area contributed by atoms with Gasteiger partial charge in [0.25, 0.3) is 5.91 Å². The molecule has 2 heterocycles. The van der Waals surface area contributed by atoms with Gasteiger partial charge >= 0.3 is 0 Å². The van der Waals surface area contributed by atoms with Crippen LogP contribution in [0.2, 0.25) is 0 Å². The maximum absolute atomic E-state index is 12.4. The van der Waals surface area contributed by atoms with Crippen LogP contribution in [0.3, 0.4) is 0 Å². The molecule has 0 aliphatic carbocycles. The minimum absolute atomic E-state index is 0.255. The summed E-state index contributed by atoms with van der Waals surface area (Å²) in [5, 5.41) is 3.75. The molecule has 0 atom stereocenters. The van der Waals surface area contributed by atoms with Crippen molar-refractivity contribution in [3.63, 3.8) is 0 Å². The first-order chi connectivity index (χ1) is 12.1. The number of thiazole rings is 1. The number of carbonyl (C=O) groups excluding carboxylic acids is 1. The molecule has 1 amide bonds. The van der Waals surface area contributed by atoms with Gasteiger partial charge in [-0.3, -0.25) is 4.79 Å². The molecular formula is C18H10Br2N2O2S. The molecule has 0 radical (unpaired) electrons. The molecule has 0 saturated heterocycles. The molecule has 2 aromatic heterocycles. The van der Waals surface area contributed by atoms with E-state index in [0.717, 1.165) is 29.7 Å². The number of amides is 1. The van der Waals surface area contributed by atoms with Gasteiger partial charge in [0.1, 0.15) is 5.01 Å². The van der Waals surface area contributed by atoms with Crippen molar-refractivity contribution in [2.45, 2.75) is 0 Å². The molecule has 7 heteroatoms. The summed E-state index contributed by atoms with van der Waals surface area (Å²) in [7, 11) is 0. The second-order valence-electron chi connectivity index (χ2n) is 5.23. The number of halogens is 2. The molecule has 0 bridgehead atoms. The Hall–Kier alpha value is -1.96. The van der Waals surface area contributed by atoms with Gasteiger partial charge in [-0.15, -0.1) is 11.3 Å². The largest absolute Gasteiger partial charge is 0.459 e. The number of anilines is 1. The molecule has 0 aliphatic heterocycles. The SMILES string of the molecule is O=C(Nc1c(Br)cc(Br)cc1-c1nc2ccccc2s1)c1ccco1. The summed E-state index contributed by atoms with van der Waals surface area (Å²) in [5.41, 5.74) is 2.42. The first-order valence-corrected chi connectivity index (χ1v) is 9.72. The Morgan fingerprint density at radius 1 is 1.12 bits per heavy atom. The predicted molar refractivity (Wildman–Crippen MR) is 107 cm³/mol. The topological polar surface area (TPSA) is 55.1 Å². The molecule has 0 fully saturated rings. The van der Waals surface area contributed by atoms with Gasteiger partial charge in [-0.25, -0.2) is 4.98 Å². The van der Waals surface area contributed by atoms with Crippen LogP contribution in [0.25, 0.3) is 20.8 Å². The Balaban J connectivity index is 1.82. The van der Waals surface area contributed by atoms with Crippen molar-refractivity contribution in [2.75, 3.05) is 5.32 Å². The number of benzene rings is 2. The lowest BCUT2D eigenvalue weighted by Crippen LogP contribution is -2.12. The molecule has 1 N–H and O–H groups in total. The van der Waals surface area contributed by atoms with E-state index in [0.29, 0.717) is 5.69 Å². The molecule has 2 aromatic carbocycles. The molecule has 0 spiro atoms. The number of carbonyl (C=O) groups is 1. The third-order valence-electron chi connectivity index (χ3n) is 3.56. The van der Waals surface area contributed by atoms with Gasteiger partial charge in [-0.05, 0) is 52.3 Å². The number of nitrogens with zero attached hydrogens (tertiary/aromatic N) is 1. The lowest BCUT2D eigenvalue weighted by Gasteiger charge is -2.11. The van der Waals surface area contributed by atoms with Gasteiger partial charge in [0.15, 0.2) is 5.76 Å². The van der Waals surface area contributed by atoms with E-state index >= 15 is 0 Å². The summed E-state index contributed by atoms with van der Waals surface area (Å²) < 4.78 is 7.92. The van der Waals surface area contributed by atoms with Crippen LogP contribution in [0.5, 0.6) is 0 Å². The fourth-order valence-corrected chi connectivity index (χ4v) is 4.75. The molecule has 4 nitrogen and oxygen atoms in total. The van der Waals surface area contributed by atoms with Gasteiger partial charge < -0.3 is 9.73 Å². The van der Waals surface area contributed by atoms with Crippen LogP contribution in [0.15, 0.2) is 68.2 Å². The van der Waals surface area contributed by atoms with E-state index < -0.39 is 0 Å². The fourth-order valence-electron chi connectivity index (χ4n) is 2.44. The van der Waals surface area contributed by atoms with E-state index in [4.69, 9.17) is 9.40 Å². The van der Waals surface area contributed by atoms with E-state index in [2.05, 4.69) is 37.2 Å². The number of para-hydroxylation sites is 1. The van der Waals surface area contributed by atoms with Crippen LogP contribution in [0, 0.1) is 0 Å². The number of hydrogen-bond donors (Lipinski definition) is 1. The molecule has 4 aromatic rings. The highest BCUT2D eigenvalue weighted by atomic mass is 79.9. The minimum Gasteiger partial charge on any atom is -0.459 e. The Labute approximate surface area is 164 Å². The number of furan rings is 1. The highest BCUT2D eigenvalue weighted by molar-refractivity contribution is 9.11. The molecule has 0 saturated carbocycles. The van der Waals surface area contributed by atoms with E-state index in [1.165, 1.54) is 6.26 Å². The summed E-state index contributed by atoms with van der Waals surface area (Å²) in [6.07, 6.45) is 1.47. The van der Waals surface area contributed by atoms with Gasteiger partial charge in [0, 0.05) is 14.5 Å². The normalized spacial score (nSPS) is 11.0. The Morgan fingerprint density at radius 2 is 1.96 bits per heavy atom. The molecule has 0 unspecified atom stereocenters. The monoisotopic (exact) mass is 476 g/mol. The number of fused-ring (bicyclic) bond motifs is 1. The van der Waals surface area contributed by atoms with Crippen molar-refractivity contribution >= 4 is 65.0 Å². The third-order valence-corrected chi connectivity index (χ3v) is 5.72. The molecule has 25 heavy (non-hydrogen) atoms. The van der Waals surface area contributed by atoms with E-state index in [-0.39, 0.29) is 11.7 Å². The van der Waals surface area contributed by atoms with Gasteiger partial charge in [0.2, 0.25) is 0 Å². The van der Waals surface area contributed by atoms with Crippen LogP contribution in [0.1, 0.15) is 10.6 Å². The van der Waals surface area contributed by atoms with E-state index in [9.17, 15) is 4.79 Å². The summed E-state index contributed by atoms with van der Waals surface area (Å²) in [4.78, 5) is 17.1. The van der Waals surface area contributed by atoms with Gasteiger partial charge in [-0.2, -0.15) is 0 Å². The second-order valence-corrected chi connectivity index (χ2v) is 8.03. The highest BCUT2D eigenvalue weighted by Crippen LogP contribution is 2.40. The zero-order chi connectivity index (χ0) is 17.4. The van der Waals surface area contributed by atoms with Crippen molar-refractivity contribution < 1.29 is 9.21 Å². The second kappa shape index (κ2) is 6.74. The quantitative estimate of drug-likeness (QED) is 0.374. The predicted octanol–water partition coefficient (Wildman–Crippen LogP) is 6.33. The first-order valence-electron chi connectivity index (χ1n) is 7.31. The van der Waals surface area contributed by atoms with Gasteiger partial charge in [0.05, 0.1) is 22.2 Å². The number of hydrogen-bond acceptors (Lipinski definition) is 4. The van der Waals surface area contributed by atoms with Crippen LogP contribution >= 0.6 is 43.2 Å². The summed E-state index contributed by atoms with van der Waals surface area (Å²) in [6, 6.07) is 15.1. The lowest BCUT2D eigenvalue weighted by molar-refractivity contribution is 0.0996. The van der Waals surface area contributed by atoms with Crippen molar-refractivity contribution in [3.05, 3.63) is 69.5 Å². The Morgan fingerprint density at radius 3 is 2.72 bits per heavy atom. The van der Waals surface area contributed by atoms with Gasteiger partial charge in [-0.1, -0.05) is 28.1 Å². The average molecular weight is 478 g/mol. The lowest BCUT2D eigenvalue weighted by atomic mass is 10.2. The zero-order valence-electron chi connectivity index (χ0n) is 12.6. The maximum atomic E-state index is 12.4. The van der Waals surface area contributed by atoms with Crippen LogP contribution in [0.4, 0.5) is 5.69 Å². The summed E-state index contributed by atoms with van der Waals surface area (Å²) >= 11 is 8.62. The number of nitrogens with one attached hydrogen (secondary N) is 1. The first kappa shape index (κ1) is 16.5. The zero-order valence-corrected chi connectivity index (χ0v) is 16.6. The number of rotatable bonds is 3. The summed E-state index contributed by atoms with van der Waals surface area (Å²) in [5.74, 6) is -0.0551. The summed E-state index contributed by atoms with van der Waals surface area (Å²) in [6.45, 7) is 0. The maximum Gasteiger partial charge on any atom is 0.291 e. The third kappa shape index (κ3) is 3.27. The Bertz CT molecular complexity index is 1040. The van der Waals surface area contributed by atoms with Crippen molar-refractivity contribution in [2.24, 2.45) is 0 Å². The van der Waals surface area contributed by atoms with Crippen LogP contribution in [-0.4, -0.2) is 10.9 Å². The molecule has 124 valence electrons. The molecule has 0 aliphatic rings. The highest BCUT2D eigenvalue weighted by Gasteiger charge is 2.18. The molecule has 4 rings (SSSR count). The van der Waals surface area contributed by atoms with Crippen molar-refractivity contribution in [1.82, 2.24) is 4.98 Å². The smallest absolute Gasteiger partial charge is 0.291 e. The molecular weight excluding hydrogens is 468 g/mol.